The predicted octanol–water partition coefficient (Wildman–Crippen LogP) is 3.21. The third-order valence-corrected chi connectivity index (χ3v) is 4.87. The van der Waals surface area contributed by atoms with Crippen molar-refractivity contribution in [3.05, 3.63) is 69.3 Å². The fourth-order valence-corrected chi connectivity index (χ4v) is 3.70. The molecule has 1 N–H and O–H groups in total. The maximum absolute atomic E-state index is 10.8. The molecule has 1 aliphatic heterocycles. The first kappa shape index (κ1) is 14.7. The number of hydrogen-bond donors (Lipinski definition) is 1. The summed E-state index contributed by atoms with van der Waals surface area (Å²) < 4.78 is 5.47. The molecule has 122 valence electrons. The Hall–Kier alpha value is -2.89. The fraction of sp³-hybridized carbons (Fsp3) is 0.278. The highest BCUT2D eigenvalue weighted by molar-refractivity contribution is 6.06. The summed E-state index contributed by atoms with van der Waals surface area (Å²) in [6, 6.07) is 12.8. The van der Waals surface area contributed by atoms with Gasteiger partial charge in [-0.25, -0.2) is 0 Å². The van der Waals surface area contributed by atoms with Crippen LogP contribution >= 0.6 is 0 Å². The molecule has 0 fully saturated rings. The maximum Gasteiger partial charge on any atom is 0.269 e. The zero-order valence-corrected chi connectivity index (χ0v) is 13.2. The van der Waals surface area contributed by atoms with Crippen molar-refractivity contribution in [1.29, 1.82) is 0 Å². The molecule has 6 heteroatoms. The van der Waals surface area contributed by atoms with Crippen LogP contribution in [0.3, 0.4) is 0 Å². The van der Waals surface area contributed by atoms with E-state index >= 15 is 0 Å². The molecule has 0 amide bonds. The normalized spacial score (nSPS) is 21.3. The van der Waals surface area contributed by atoms with Gasteiger partial charge in [0.25, 0.3) is 5.69 Å². The highest BCUT2D eigenvalue weighted by Gasteiger charge is 2.37. The van der Waals surface area contributed by atoms with Crippen LogP contribution in [0, 0.1) is 16.0 Å². The number of fused-ring (bicyclic) bond motifs is 3. The molecule has 2 aromatic rings. The molecule has 0 spiro atoms. The first-order chi connectivity index (χ1) is 11.7. The topological polar surface area (TPSA) is 76.8 Å². The van der Waals surface area contributed by atoms with Gasteiger partial charge in [0.2, 0.25) is 0 Å². The van der Waals surface area contributed by atoms with Gasteiger partial charge in [0, 0.05) is 29.2 Å². The molecule has 0 saturated carbocycles. The van der Waals surface area contributed by atoms with Gasteiger partial charge in [-0.1, -0.05) is 24.3 Å². The van der Waals surface area contributed by atoms with Gasteiger partial charge >= 0.3 is 0 Å². The third-order valence-electron chi connectivity index (χ3n) is 4.87. The first-order valence-corrected chi connectivity index (χ1v) is 7.92. The van der Waals surface area contributed by atoms with Crippen LogP contribution in [0.1, 0.15) is 29.2 Å². The highest BCUT2D eigenvalue weighted by atomic mass is 16.6. The van der Waals surface area contributed by atoms with Crippen LogP contribution in [0.5, 0.6) is 5.75 Å². The lowest BCUT2D eigenvalue weighted by atomic mass is 9.77. The van der Waals surface area contributed by atoms with Crippen LogP contribution in [0.15, 0.2) is 47.6 Å². The molecular formula is C18H17N3O3. The van der Waals surface area contributed by atoms with Crippen molar-refractivity contribution >= 4 is 11.4 Å². The van der Waals surface area contributed by atoms with Gasteiger partial charge in [-0.15, -0.1) is 0 Å². The number of benzene rings is 2. The van der Waals surface area contributed by atoms with Crippen molar-refractivity contribution in [2.75, 3.05) is 7.11 Å². The number of nitro groups is 1. The molecule has 2 aromatic carbocycles. The monoisotopic (exact) mass is 323 g/mol. The Balaban J connectivity index is 1.65. The van der Waals surface area contributed by atoms with E-state index in [0.717, 1.165) is 35.4 Å². The first-order valence-electron chi connectivity index (χ1n) is 7.92. The van der Waals surface area contributed by atoms with E-state index in [1.54, 1.807) is 19.2 Å². The number of rotatable bonds is 3. The molecule has 24 heavy (non-hydrogen) atoms. The summed E-state index contributed by atoms with van der Waals surface area (Å²) in [5.74, 6) is 1.18. The van der Waals surface area contributed by atoms with E-state index in [-0.39, 0.29) is 22.6 Å². The second-order valence-corrected chi connectivity index (χ2v) is 6.08. The Morgan fingerprint density at radius 3 is 2.75 bits per heavy atom. The molecule has 1 aliphatic carbocycles. The average Bonchev–Trinajstić information content (AvgIpc) is 3.05. The van der Waals surface area contributed by atoms with Crippen molar-refractivity contribution < 1.29 is 9.66 Å². The number of ether oxygens (including phenoxy) is 1. The number of nitro benzene ring substituents is 1. The van der Waals surface area contributed by atoms with E-state index < -0.39 is 0 Å². The molecule has 0 bridgehead atoms. The second-order valence-electron chi connectivity index (χ2n) is 6.08. The number of hydrogen-bond acceptors (Lipinski definition) is 5. The quantitative estimate of drug-likeness (QED) is 0.695. The van der Waals surface area contributed by atoms with Crippen LogP contribution in [0.25, 0.3) is 0 Å². The largest absolute Gasteiger partial charge is 0.496 e. The van der Waals surface area contributed by atoms with Gasteiger partial charge in [0.1, 0.15) is 5.75 Å². The fourth-order valence-electron chi connectivity index (χ4n) is 3.70. The van der Waals surface area contributed by atoms with Crippen LogP contribution < -0.4 is 10.2 Å². The molecule has 2 unspecified atom stereocenters. The molecule has 0 saturated heterocycles. The average molecular weight is 323 g/mol. The smallest absolute Gasteiger partial charge is 0.269 e. The van der Waals surface area contributed by atoms with Crippen molar-refractivity contribution in [1.82, 2.24) is 5.43 Å². The van der Waals surface area contributed by atoms with Crippen LogP contribution in [-0.2, 0) is 6.42 Å². The van der Waals surface area contributed by atoms with E-state index in [1.807, 2.05) is 24.3 Å². The molecule has 2 aliphatic rings. The van der Waals surface area contributed by atoms with Gasteiger partial charge in [-0.05, 0) is 24.5 Å². The number of nitrogens with one attached hydrogen (secondary N) is 1. The minimum Gasteiger partial charge on any atom is -0.496 e. The van der Waals surface area contributed by atoms with Crippen molar-refractivity contribution in [3.8, 4) is 5.75 Å². The minimum absolute atomic E-state index is 0.0557. The summed E-state index contributed by atoms with van der Waals surface area (Å²) in [4.78, 5) is 10.4. The summed E-state index contributed by atoms with van der Waals surface area (Å²) >= 11 is 0. The number of hydrazone groups is 1. The summed E-state index contributed by atoms with van der Waals surface area (Å²) in [5.41, 5.74) is 7.76. The van der Waals surface area contributed by atoms with Crippen LogP contribution in [0.2, 0.25) is 0 Å². The van der Waals surface area contributed by atoms with Gasteiger partial charge < -0.3 is 10.2 Å². The van der Waals surface area contributed by atoms with E-state index in [2.05, 4.69) is 16.6 Å². The van der Waals surface area contributed by atoms with Crippen LogP contribution in [0.4, 0.5) is 5.69 Å². The Morgan fingerprint density at radius 1 is 1.25 bits per heavy atom. The second kappa shape index (κ2) is 5.63. The summed E-state index contributed by atoms with van der Waals surface area (Å²) in [5, 5.41) is 15.4. The van der Waals surface area contributed by atoms with E-state index in [1.165, 1.54) is 5.56 Å². The molecule has 1 heterocycles. The lowest BCUT2D eigenvalue weighted by molar-refractivity contribution is -0.384. The van der Waals surface area contributed by atoms with Gasteiger partial charge in [-0.2, -0.15) is 5.10 Å². The predicted molar refractivity (Wildman–Crippen MR) is 90.3 cm³/mol. The van der Waals surface area contributed by atoms with Gasteiger partial charge in [0.15, 0.2) is 0 Å². The Bertz CT molecular complexity index is 830. The third kappa shape index (κ3) is 2.22. The zero-order chi connectivity index (χ0) is 16.7. The molecule has 2 atom stereocenters. The summed E-state index contributed by atoms with van der Waals surface area (Å²) in [6.45, 7) is 0. The Kier molecular flexibility index (Phi) is 3.45. The SMILES string of the molecule is COc1cccc2c1CCC1C2=NNC1c1ccc([N+](=O)[O-])cc1. The molecular weight excluding hydrogens is 306 g/mol. The maximum atomic E-state index is 10.8. The van der Waals surface area contributed by atoms with Crippen molar-refractivity contribution in [3.63, 3.8) is 0 Å². The van der Waals surface area contributed by atoms with E-state index in [9.17, 15) is 10.1 Å². The van der Waals surface area contributed by atoms with Crippen molar-refractivity contribution in [2.45, 2.75) is 18.9 Å². The van der Waals surface area contributed by atoms with Crippen molar-refractivity contribution in [2.24, 2.45) is 11.0 Å². The van der Waals surface area contributed by atoms with Crippen LogP contribution in [-0.4, -0.2) is 17.7 Å². The lowest BCUT2D eigenvalue weighted by Crippen LogP contribution is -2.27. The minimum atomic E-state index is -0.378. The van der Waals surface area contributed by atoms with Gasteiger partial charge in [-0.3, -0.25) is 10.1 Å². The van der Waals surface area contributed by atoms with E-state index in [0.29, 0.717) is 0 Å². The van der Waals surface area contributed by atoms with E-state index in [4.69, 9.17) is 4.74 Å². The van der Waals surface area contributed by atoms with Gasteiger partial charge in [0.05, 0.1) is 23.8 Å². The standard InChI is InChI=1S/C18H17N3O3/c1-24-16-4-2-3-14-13(16)9-10-15-17(19-20-18(14)15)11-5-7-12(8-6-11)21(22)23/h2-8,15,17,19H,9-10H2,1H3. The Labute approximate surface area is 139 Å². The Morgan fingerprint density at radius 2 is 2.04 bits per heavy atom. The molecule has 6 nitrogen and oxygen atoms in total. The lowest BCUT2D eigenvalue weighted by Gasteiger charge is -2.27. The number of methoxy groups -OCH3 is 1. The number of nitrogens with zero attached hydrogens (tertiary/aromatic N) is 2. The highest BCUT2D eigenvalue weighted by Crippen LogP contribution is 2.40. The number of non-ortho nitro benzene ring substituents is 1. The molecule has 0 aromatic heterocycles. The summed E-state index contributed by atoms with van der Waals surface area (Å²) in [6.07, 6.45) is 1.91. The zero-order valence-electron chi connectivity index (χ0n) is 13.2. The molecule has 4 rings (SSSR count). The molecule has 0 radical (unpaired) electrons. The summed E-state index contributed by atoms with van der Waals surface area (Å²) in [7, 11) is 1.69.